The van der Waals surface area contributed by atoms with Gasteiger partial charge in [-0.3, -0.25) is 10.1 Å². The molecule has 0 aliphatic carbocycles. The zero-order valence-electron chi connectivity index (χ0n) is 17.0. The number of phenolic OH excluding ortho intramolecular Hbond substituents is 1. The highest BCUT2D eigenvalue weighted by Gasteiger charge is 2.15. The van der Waals surface area contributed by atoms with E-state index in [-0.39, 0.29) is 17.1 Å². The second kappa shape index (κ2) is 8.56. The average Bonchev–Trinajstić information content (AvgIpc) is 3.41. The summed E-state index contributed by atoms with van der Waals surface area (Å²) in [5.41, 5.74) is 2.19. The summed E-state index contributed by atoms with van der Waals surface area (Å²) in [5, 5.41) is 28.5. The van der Waals surface area contributed by atoms with Gasteiger partial charge in [0, 0.05) is 16.8 Å². The van der Waals surface area contributed by atoms with Crippen LogP contribution in [0.1, 0.15) is 5.56 Å². The first-order valence-corrected chi connectivity index (χ1v) is 10.8. The van der Waals surface area contributed by atoms with Crippen LogP contribution in [0.15, 0.2) is 98.8 Å². The Morgan fingerprint density at radius 2 is 1.85 bits per heavy atom. The summed E-state index contributed by atoms with van der Waals surface area (Å²) in [6, 6.07) is 22.5. The third-order valence-electron chi connectivity index (χ3n) is 4.85. The number of nitro groups is 1. The Morgan fingerprint density at radius 3 is 2.67 bits per heavy atom. The van der Waals surface area contributed by atoms with Gasteiger partial charge < -0.3 is 9.52 Å². The zero-order valence-corrected chi connectivity index (χ0v) is 17.8. The molecule has 0 aliphatic heterocycles. The van der Waals surface area contributed by atoms with E-state index in [1.165, 1.54) is 17.4 Å². The van der Waals surface area contributed by atoms with Crippen LogP contribution in [0.25, 0.3) is 22.4 Å². The van der Waals surface area contributed by atoms with Crippen molar-refractivity contribution in [2.75, 3.05) is 0 Å². The Kier molecular flexibility index (Phi) is 5.29. The van der Waals surface area contributed by atoms with Crippen LogP contribution in [0.3, 0.4) is 0 Å². The number of aromatic nitrogens is 1. The molecule has 0 saturated carbocycles. The van der Waals surface area contributed by atoms with Crippen LogP contribution >= 0.6 is 11.3 Å². The number of phenols is 1. The number of thiazole rings is 1. The normalized spacial score (nSPS) is 12.1. The van der Waals surface area contributed by atoms with Gasteiger partial charge in [0.05, 0.1) is 11.1 Å². The van der Waals surface area contributed by atoms with Crippen molar-refractivity contribution in [3.63, 3.8) is 0 Å². The molecule has 1 N–H and O–H groups in total. The Hall–Kier alpha value is -4.50. The highest BCUT2D eigenvalue weighted by Crippen LogP contribution is 2.29. The van der Waals surface area contributed by atoms with E-state index in [0.717, 1.165) is 11.0 Å². The topological polar surface area (TPSA) is 106 Å². The largest absolute Gasteiger partial charge is 0.508 e. The lowest BCUT2D eigenvalue weighted by Crippen LogP contribution is -2.11. The summed E-state index contributed by atoms with van der Waals surface area (Å²) in [5.74, 6) is 0.709. The Balaban J connectivity index is 1.69. The fourth-order valence-electron chi connectivity index (χ4n) is 3.31. The number of furan rings is 1. The van der Waals surface area contributed by atoms with Gasteiger partial charge in [-0.1, -0.05) is 42.5 Å². The standard InChI is InChI=1S/C24H16N4O4S/c29-18-8-5-6-16(12-18)14-25-27-21(23-13-17-7-1-4-11-22(17)32-23)15-33-24(27)26-19-9-2-3-10-20(19)28(30)31/h1-15,29H. The van der Waals surface area contributed by atoms with Crippen LogP contribution in [-0.4, -0.2) is 20.9 Å². The molecular formula is C24H16N4O4S. The lowest BCUT2D eigenvalue weighted by molar-refractivity contribution is -0.384. The van der Waals surface area contributed by atoms with Crippen LogP contribution in [-0.2, 0) is 0 Å². The van der Waals surface area contributed by atoms with Gasteiger partial charge in [0.15, 0.2) is 5.76 Å². The van der Waals surface area contributed by atoms with Crippen molar-refractivity contribution in [1.29, 1.82) is 0 Å². The predicted molar refractivity (Wildman–Crippen MR) is 127 cm³/mol. The van der Waals surface area contributed by atoms with Gasteiger partial charge >= 0.3 is 0 Å². The molecule has 0 bridgehead atoms. The molecule has 0 fully saturated rings. The molecule has 3 aromatic carbocycles. The summed E-state index contributed by atoms with van der Waals surface area (Å²) >= 11 is 1.29. The highest BCUT2D eigenvalue weighted by atomic mass is 32.1. The van der Waals surface area contributed by atoms with Crippen LogP contribution in [0.4, 0.5) is 11.4 Å². The van der Waals surface area contributed by atoms with E-state index in [1.807, 2.05) is 35.7 Å². The van der Waals surface area contributed by atoms with E-state index < -0.39 is 4.92 Å². The van der Waals surface area contributed by atoms with E-state index in [9.17, 15) is 15.2 Å². The van der Waals surface area contributed by atoms with Crippen molar-refractivity contribution < 1.29 is 14.4 Å². The second-order valence-corrected chi connectivity index (χ2v) is 7.90. The van der Waals surface area contributed by atoms with Crippen LogP contribution in [0, 0.1) is 10.1 Å². The molecule has 0 amide bonds. The van der Waals surface area contributed by atoms with Crippen LogP contribution in [0.2, 0.25) is 0 Å². The molecule has 0 saturated heterocycles. The van der Waals surface area contributed by atoms with Gasteiger partial charge in [-0.15, -0.1) is 11.3 Å². The Bertz CT molecular complexity index is 1550. The minimum absolute atomic E-state index is 0.0975. The van der Waals surface area contributed by atoms with Crippen molar-refractivity contribution in [2.24, 2.45) is 10.1 Å². The number of nitrogens with zero attached hydrogens (tertiary/aromatic N) is 4. The van der Waals surface area contributed by atoms with Crippen LogP contribution < -0.4 is 4.80 Å². The Morgan fingerprint density at radius 1 is 1.03 bits per heavy atom. The van der Waals surface area contributed by atoms with E-state index in [0.29, 0.717) is 21.8 Å². The fourth-order valence-corrected chi connectivity index (χ4v) is 4.14. The number of aromatic hydroxyl groups is 1. The SMILES string of the molecule is O=[N+]([O-])c1ccccc1N=c1scc(-c2cc3ccccc3o2)n1N=Cc1cccc(O)c1. The second-order valence-electron chi connectivity index (χ2n) is 7.06. The van der Waals surface area contributed by atoms with E-state index in [1.54, 1.807) is 53.4 Å². The van der Waals surface area contributed by atoms with Crippen molar-refractivity contribution >= 4 is 39.9 Å². The quantitative estimate of drug-likeness (QED) is 0.208. The fraction of sp³-hybridized carbons (Fsp3) is 0. The summed E-state index contributed by atoms with van der Waals surface area (Å²) in [6.07, 6.45) is 1.58. The third kappa shape index (κ3) is 4.17. The number of rotatable bonds is 5. The maximum absolute atomic E-state index is 11.4. The lowest BCUT2D eigenvalue weighted by Gasteiger charge is -2.01. The summed E-state index contributed by atoms with van der Waals surface area (Å²) in [4.78, 5) is 15.9. The number of hydrogen-bond donors (Lipinski definition) is 1. The van der Waals surface area contributed by atoms with E-state index in [4.69, 9.17) is 4.42 Å². The first-order valence-electron chi connectivity index (χ1n) is 9.89. The molecule has 8 nitrogen and oxygen atoms in total. The minimum atomic E-state index is -0.465. The summed E-state index contributed by atoms with van der Waals surface area (Å²) in [6.45, 7) is 0. The molecule has 0 spiro atoms. The number of nitro benzene ring substituents is 1. The predicted octanol–water partition coefficient (Wildman–Crippen LogP) is 5.69. The average molecular weight is 456 g/mol. The highest BCUT2D eigenvalue weighted by molar-refractivity contribution is 7.07. The van der Waals surface area contributed by atoms with Crippen molar-refractivity contribution in [3.05, 3.63) is 105 Å². The molecule has 0 aliphatic rings. The van der Waals surface area contributed by atoms with Gasteiger partial charge in [0.25, 0.3) is 5.69 Å². The van der Waals surface area contributed by atoms with Gasteiger partial charge in [-0.25, -0.2) is 9.67 Å². The summed E-state index contributed by atoms with van der Waals surface area (Å²) < 4.78 is 7.59. The number of para-hydroxylation sites is 3. The smallest absolute Gasteiger partial charge is 0.294 e. The summed E-state index contributed by atoms with van der Waals surface area (Å²) in [7, 11) is 0. The molecule has 0 unspecified atom stereocenters. The molecular weight excluding hydrogens is 440 g/mol. The van der Waals surface area contributed by atoms with Crippen molar-refractivity contribution in [3.8, 4) is 17.2 Å². The van der Waals surface area contributed by atoms with Crippen molar-refractivity contribution in [1.82, 2.24) is 4.68 Å². The first-order chi connectivity index (χ1) is 16.1. The van der Waals surface area contributed by atoms with E-state index >= 15 is 0 Å². The number of fused-ring (bicyclic) bond motifs is 1. The monoisotopic (exact) mass is 456 g/mol. The molecule has 2 heterocycles. The van der Waals surface area contributed by atoms with Gasteiger partial charge in [-0.2, -0.15) is 5.10 Å². The first kappa shape index (κ1) is 20.4. The molecule has 9 heteroatoms. The molecule has 2 aromatic heterocycles. The minimum Gasteiger partial charge on any atom is -0.508 e. The maximum Gasteiger partial charge on any atom is 0.294 e. The molecule has 0 radical (unpaired) electrons. The van der Waals surface area contributed by atoms with Crippen molar-refractivity contribution in [2.45, 2.75) is 0 Å². The molecule has 5 rings (SSSR count). The third-order valence-corrected chi connectivity index (χ3v) is 5.67. The lowest BCUT2D eigenvalue weighted by atomic mass is 10.2. The molecule has 5 aromatic rings. The zero-order chi connectivity index (χ0) is 22.8. The molecule has 0 atom stereocenters. The number of hydrogen-bond acceptors (Lipinski definition) is 7. The van der Waals surface area contributed by atoms with Gasteiger partial charge in [-0.05, 0) is 35.9 Å². The maximum atomic E-state index is 11.4. The molecule has 33 heavy (non-hydrogen) atoms. The Labute approximate surface area is 191 Å². The number of benzene rings is 3. The molecule has 162 valence electrons. The van der Waals surface area contributed by atoms with E-state index in [2.05, 4.69) is 10.1 Å². The van der Waals surface area contributed by atoms with Gasteiger partial charge in [0.1, 0.15) is 22.7 Å². The van der Waals surface area contributed by atoms with Crippen LogP contribution in [0.5, 0.6) is 5.75 Å². The van der Waals surface area contributed by atoms with Gasteiger partial charge in [0.2, 0.25) is 4.80 Å².